The highest BCUT2D eigenvalue weighted by molar-refractivity contribution is 6.32. The van der Waals surface area contributed by atoms with E-state index >= 15 is 24.0 Å². The van der Waals surface area contributed by atoms with Crippen LogP contribution in [0.5, 0.6) is 57.5 Å². The molecule has 25 N–H and O–H groups in total. The molecule has 7 aromatic rings. The topological polar surface area (TPSA) is 679 Å². The zero-order chi connectivity index (χ0) is 94.7. The van der Waals surface area contributed by atoms with Gasteiger partial charge in [0.2, 0.25) is 65.1 Å². The van der Waals surface area contributed by atoms with Gasteiger partial charge in [0, 0.05) is 37.0 Å². The van der Waals surface area contributed by atoms with Gasteiger partial charge in [0.25, 0.3) is 0 Å². The molecule has 43 nitrogen and oxygen atoms in total. The number of carboxylic acids is 2. The summed E-state index contributed by atoms with van der Waals surface area (Å²) in [6.07, 6.45) is -27.9. The molecule has 7 aromatic carbocycles. The van der Waals surface area contributed by atoms with Crippen molar-refractivity contribution < 1.29 is 167 Å². The molecule has 1 aliphatic carbocycles. The number of unbranched alkanes of at least 4 members (excludes halogenated alkanes) is 4. The number of fused-ring (bicyclic) bond motifs is 11. The Morgan fingerprint density at radius 2 is 1.11 bits per heavy atom. The number of aliphatic carboxylic acids is 2. The minimum atomic E-state index is -3.19. The summed E-state index contributed by atoms with van der Waals surface area (Å²) in [5.74, 6) is -23.5. The third-order valence-corrected chi connectivity index (χ3v) is 24.3. The molecule has 132 heavy (non-hydrogen) atoms. The summed E-state index contributed by atoms with van der Waals surface area (Å²) in [6.45, 7) is 0.791. The Morgan fingerprint density at radius 1 is 0.523 bits per heavy atom. The molecule has 3 fully saturated rings. The number of phenols is 3. The van der Waals surface area contributed by atoms with Gasteiger partial charge in [-0.1, -0.05) is 86.1 Å². The molecule has 0 saturated carbocycles. The molecule has 17 bridgehead atoms. The average molecular weight is 1880 g/mol. The summed E-state index contributed by atoms with van der Waals surface area (Å²) in [7, 11) is 0. The van der Waals surface area contributed by atoms with E-state index in [1.54, 1.807) is 0 Å². The van der Waals surface area contributed by atoms with E-state index in [4.69, 9.17) is 71.6 Å². The number of nitrogens with two attached hydrogens (primary N) is 1. The number of aliphatic hydroxyl groups is 10. The van der Waals surface area contributed by atoms with Crippen LogP contribution in [0.1, 0.15) is 139 Å². The van der Waals surface area contributed by atoms with Crippen molar-refractivity contribution >= 4 is 82.4 Å². The van der Waals surface area contributed by atoms with Crippen molar-refractivity contribution in [2.24, 2.45) is 5.73 Å². The van der Waals surface area contributed by atoms with Crippen molar-refractivity contribution in [3.05, 3.63) is 175 Å². The number of hydrogen-bond acceptors (Lipinski definition) is 33. The Hall–Kier alpha value is -12.2. The Kier molecular flexibility index (Phi) is 27.6. The SMILES string of the molecule is CCCCCCCC(=O)N[C@H]1[C@H](Oc2c3cc4cc2Oc2ccc(cc2Cl)[C@@H](O[C@@H]2O[C@H](CO)[C@@H](O)[C@H](O)[C@H]2NC(C)=O)[C@@H]2NC(=O)[C@H](NC(=O)[C@@H]4NC(=O)[C@H]4NC(=O)[C@@H](Cc5ccc(c(Cl)c5)O3)NC(=O)[C@H](N)c3ccc(O)c(c3)Oc3cc(O)cc4c3)c3ccc4c(c3)-c3c(cc(O)cc3C4(O)O[C@H]3O[C@H](CO)[C@@H](O)[C@H](O)[C@@H]3O)[C@@H](C(=O)O)NC2=O)O[C@H](C(=O)O)[C@@H](O)[C@@H]1O. The van der Waals surface area contributed by atoms with Crippen molar-refractivity contribution in [3.63, 3.8) is 0 Å². The molecule has 702 valence electrons. The van der Waals surface area contributed by atoms with Crippen LogP contribution in [0.25, 0.3) is 11.1 Å². The van der Waals surface area contributed by atoms with Crippen LogP contribution < -0.4 is 67.2 Å². The average Bonchev–Trinajstić information content (AvgIpc) is 1.55. The lowest BCUT2D eigenvalue weighted by molar-refractivity contribution is -0.355. The molecule has 45 heteroatoms. The van der Waals surface area contributed by atoms with Gasteiger partial charge in [0.05, 0.1) is 23.3 Å². The van der Waals surface area contributed by atoms with Crippen molar-refractivity contribution in [2.75, 3.05) is 13.2 Å². The quantitative estimate of drug-likeness (QED) is 0.0394. The summed E-state index contributed by atoms with van der Waals surface area (Å²) < 4.78 is 57.0. The Bertz CT molecular complexity index is 5720. The summed E-state index contributed by atoms with van der Waals surface area (Å²) in [6, 6.07) is 0.510. The molecule has 9 aliphatic heterocycles. The number of phenolic OH excluding ortho intramolecular Hbond substituents is 3. The number of benzene rings is 7. The van der Waals surface area contributed by atoms with Crippen LogP contribution in [0, 0.1) is 0 Å². The summed E-state index contributed by atoms with van der Waals surface area (Å²) in [4.78, 5) is 152. The lowest BCUT2D eigenvalue weighted by Crippen LogP contribution is -2.66. The van der Waals surface area contributed by atoms with Crippen molar-refractivity contribution in [2.45, 2.75) is 205 Å². The largest absolute Gasteiger partial charge is 0.508 e. The first kappa shape index (κ1) is 94.4. The third kappa shape index (κ3) is 18.9. The molecular weight excluding hydrogens is 1790 g/mol. The summed E-state index contributed by atoms with van der Waals surface area (Å²) in [5, 5.41) is 191. The zero-order valence-corrected chi connectivity index (χ0v) is 70.9. The molecule has 17 rings (SSSR count). The van der Waals surface area contributed by atoms with Gasteiger partial charge in [-0.05, 0) is 135 Å². The summed E-state index contributed by atoms with van der Waals surface area (Å²) in [5.41, 5.74) is 2.10. The van der Waals surface area contributed by atoms with Gasteiger partial charge in [-0.2, -0.15) is 0 Å². The minimum absolute atomic E-state index is 0.0137. The number of carbonyl (C=O) groups is 10. The van der Waals surface area contributed by atoms with Crippen LogP contribution in [-0.4, -0.2) is 253 Å². The van der Waals surface area contributed by atoms with Crippen LogP contribution >= 0.6 is 23.2 Å². The number of amides is 8. The first-order chi connectivity index (χ1) is 62.8. The predicted molar refractivity (Wildman–Crippen MR) is 446 cm³/mol. The van der Waals surface area contributed by atoms with Crippen molar-refractivity contribution in [3.8, 4) is 68.6 Å². The fourth-order valence-electron chi connectivity index (χ4n) is 17.0. The van der Waals surface area contributed by atoms with E-state index in [0.717, 1.165) is 111 Å². The van der Waals surface area contributed by atoms with E-state index in [9.17, 15) is 101 Å². The van der Waals surface area contributed by atoms with E-state index in [-0.39, 0.29) is 46.2 Å². The lowest BCUT2D eigenvalue weighted by Gasteiger charge is -2.44. The van der Waals surface area contributed by atoms with Crippen LogP contribution in [0.2, 0.25) is 10.0 Å². The van der Waals surface area contributed by atoms with Gasteiger partial charge in [-0.3, -0.25) is 38.4 Å². The number of aliphatic hydroxyl groups excluding tert-OH is 9. The highest BCUT2D eigenvalue weighted by Gasteiger charge is 2.56. The van der Waals surface area contributed by atoms with Crippen LogP contribution in [-0.2, 0) is 83.8 Å². The molecule has 8 amide bonds. The number of nitrogens with one attached hydrogen (secondary N) is 8. The second kappa shape index (κ2) is 38.5. The molecule has 10 aliphatic rings. The smallest absolute Gasteiger partial charge is 0.335 e. The maximum atomic E-state index is 17.1. The number of carbonyl (C=O) groups excluding carboxylic acids is 8. The van der Waals surface area contributed by atoms with Gasteiger partial charge in [-0.15, -0.1) is 0 Å². The monoisotopic (exact) mass is 1880 g/mol. The maximum absolute atomic E-state index is 17.1. The molecule has 0 radical (unpaired) electrons. The molecular formula is C87H91Cl2N9O34. The Labute approximate surface area is 756 Å². The maximum Gasteiger partial charge on any atom is 0.335 e. The van der Waals surface area contributed by atoms with Gasteiger partial charge < -0.3 is 167 Å². The van der Waals surface area contributed by atoms with Crippen LogP contribution in [0.3, 0.4) is 0 Å². The second-order valence-electron chi connectivity index (χ2n) is 32.8. The van der Waals surface area contributed by atoms with E-state index in [0.29, 0.717) is 6.42 Å². The van der Waals surface area contributed by atoms with E-state index in [2.05, 4.69) is 42.5 Å². The molecule has 9 heterocycles. The molecule has 24 atom stereocenters. The van der Waals surface area contributed by atoms with Crippen LogP contribution in [0.4, 0.5) is 0 Å². The number of ether oxygens (including phenoxy) is 9. The number of carboxylic acid groups (broad SMARTS) is 2. The highest BCUT2D eigenvalue weighted by atomic mass is 35.5. The number of hydrogen-bond donors (Lipinski definition) is 24. The number of aromatic hydroxyl groups is 3. The zero-order valence-electron chi connectivity index (χ0n) is 69.4. The molecule has 0 aromatic heterocycles. The fourth-order valence-corrected chi connectivity index (χ4v) is 17.5. The predicted octanol–water partition coefficient (Wildman–Crippen LogP) is -0.0853. The Morgan fingerprint density at radius 3 is 1.77 bits per heavy atom. The first-order valence-corrected chi connectivity index (χ1v) is 42.3. The van der Waals surface area contributed by atoms with Gasteiger partial charge in [0.1, 0.15) is 138 Å². The minimum Gasteiger partial charge on any atom is -0.508 e. The molecule has 1 unspecified atom stereocenters. The third-order valence-electron chi connectivity index (χ3n) is 23.8. The van der Waals surface area contributed by atoms with Gasteiger partial charge >= 0.3 is 11.9 Å². The van der Waals surface area contributed by atoms with E-state index < -0.39 is 320 Å². The van der Waals surface area contributed by atoms with Crippen LogP contribution in [0.15, 0.2) is 115 Å². The second-order valence-corrected chi connectivity index (χ2v) is 33.6. The fraction of sp³-hybridized carbons (Fsp3) is 0.402. The number of rotatable bonds is 18. The molecule has 3 saturated heterocycles. The van der Waals surface area contributed by atoms with E-state index in [1.807, 2.05) is 6.92 Å². The first-order valence-electron chi connectivity index (χ1n) is 41.6. The van der Waals surface area contributed by atoms with Gasteiger partial charge in [-0.25, -0.2) is 9.59 Å². The summed E-state index contributed by atoms with van der Waals surface area (Å²) >= 11 is 14.7. The highest BCUT2D eigenvalue weighted by Crippen LogP contribution is 2.55. The lowest BCUT2D eigenvalue weighted by atomic mass is 9.90. The normalized spacial score (nSPS) is 30.2. The Balaban J connectivity index is 0.999. The van der Waals surface area contributed by atoms with Crippen molar-refractivity contribution in [1.82, 2.24) is 42.5 Å². The van der Waals surface area contributed by atoms with Gasteiger partial charge in [0.15, 0.2) is 47.7 Å². The molecule has 0 spiro atoms. The standard InChI is InChI=1S/C87H91Cl2N9O34/c1-3-4-5-6-7-8-56(105)93-64-69(109)71(111)75(83(121)122)131-85(64)130-74-52-24-37-25-53(74)126-50-16-12-35(22-46(50)89)73(129-84-63(91-31(2)101)68(108)66(106)54(29-99)127-84)65-81(118)97-62(82(119)120)42-27-39(103)28-44-57(42)41-21-34(10-13-43(41)87(44,123)132-86-72(112)70(110)67(107)55(30-100)128-86)59(78(115)98-65)95-80(117)61(37)96-79(116)60-36-19-38(102)26-40(20-36)124-51-23-33(11-14-48(51)104)58(90)77(114)92-47(76(113)94-60)18-32-9-15-49(125-52)45(88)17-32/h9-17,19-28,47,54-55,58-73,75,84-86,99-100,102-104,106-112,123H,3-8,18,29-30,90H2,1-2H3,(H,91,101)(H,92,114)(H,93,105)(H,94,113)(H,95,117)(H,96,116)(H,97,118)(H,98,115)(H,119,120)(H,121,122)/t47-,54-,55-,58-,59-,60+,61-,62+,63-,64-,65+,66-,67-,68-,69-,70+,71+,72+,73-,75+,84+,85-,86-,87?/m1/s1. The van der Waals surface area contributed by atoms with Crippen molar-refractivity contribution in [1.29, 1.82) is 0 Å². The number of halogens is 2. The van der Waals surface area contributed by atoms with E-state index in [1.165, 1.54) is 30.3 Å².